The molecule has 1 atom stereocenters. The normalized spacial score (nSPS) is 16.9. The van der Waals surface area contributed by atoms with Crippen LogP contribution >= 0.6 is 15.9 Å². The van der Waals surface area contributed by atoms with E-state index in [2.05, 4.69) is 15.9 Å². The van der Waals surface area contributed by atoms with Crippen molar-refractivity contribution >= 4 is 21.7 Å². The summed E-state index contributed by atoms with van der Waals surface area (Å²) in [6, 6.07) is 1.25. The van der Waals surface area contributed by atoms with Crippen molar-refractivity contribution in [3.05, 3.63) is 35.1 Å². The lowest BCUT2D eigenvalue weighted by Gasteiger charge is -2.10. The first kappa shape index (κ1) is 12.6. The van der Waals surface area contributed by atoms with Gasteiger partial charge in [-0.1, -0.05) is 15.9 Å². The number of Topliss-reactive ketones (excluding diaryl/α,β-unsaturated/α-hetero) is 1. The Balaban J connectivity index is 2.15. The van der Waals surface area contributed by atoms with Gasteiger partial charge in [0, 0.05) is 23.6 Å². The number of benzene rings is 1. The van der Waals surface area contributed by atoms with Gasteiger partial charge < -0.3 is 0 Å². The van der Waals surface area contributed by atoms with Gasteiger partial charge in [0.1, 0.15) is 23.2 Å². The molecule has 0 aliphatic heterocycles. The number of rotatable bonds is 4. The van der Waals surface area contributed by atoms with Crippen LogP contribution in [0.25, 0.3) is 0 Å². The molecule has 0 bridgehead atoms. The molecule has 1 aromatic rings. The minimum absolute atomic E-state index is 0.0194. The first-order valence-corrected chi connectivity index (χ1v) is 6.22. The molecule has 0 saturated heterocycles. The third-order valence-electron chi connectivity index (χ3n) is 2.78. The lowest BCUT2D eigenvalue weighted by atomic mass is 10.0. The molecule has 92 valence electrons. The highest BCUT2D eigenvalue weighted by atomic mass is 79.9. The molecule has 1 saturated carbocycles. The molecule has 1 fully saturated rings. The van der Waals surface area contributed by atoms with Crippen molar-refractivity contribution in [1.29, 1.82) is 0 Å². The Morgan fingerprint density at radius 2 is 1.82 bits per heavy atom. The maximum atomic E-state index is 13.3. The Morgan fingerprint density at radius 1 is 1.29 bits per heavy atom. The summed E-state index contributed by atoms with van der Waals surface area (Å²) in [5.74, 6) is -2.87. The summed E-state index contributed by atoms with van der Waals surface area (Å²) < 4.78 is 39.4. The third kappa shape index (κ3) is 2.89. The predicted octanol–water partition coefficient (Wildman–Crippen LogP) is 3.39. The molecule has 0 heterocycles. The predicted molar refractivity (Wildman–Crippen MR) is 60.5 cm³/mol. The Kier molecular flexibility index (Phi) is 3.56. The molecule has 5 heteroatoms. The molecule has 1 unspecified atom stereocenters. The minimum atomic E-state index is -0.955. The van der Waals surface area contributed by atoms with E-state index in [0.717, 1.165) is 12.8 Å². The number of ketones is 1. The van der Waals surface area contributed by atoms with E-state index in [4.69, 9.17) is 0 Å². The molecule has 1 nitrogen and oxygen atoms in total. The van der Waals surface area contributed by atoms with Crippen LogP contribution in [0, 0.1) is 23.4 Å². The molecule has 17 heavy (non-hydrogen) atoms. The number of halogens is 4. The molecule has 1 aliphatic carbocycles. The quantitative estimate of drug-likeness (QED) is 0.779. The van der Waals surface area contributed by atoms with Crippen molar-refractivity contribution in [2.45, 2.75) is 24.1 Å². The summed E-state index contributed by atoms with van der Waals surface area (Å²) in [4.78, 5) is 11.0. The fourth-order valence-electron chi connectivity index (χ4n) is 1.67. The van der Waals surface area contributed by atoms with Crippen LogP contribution in [0.5, 0.6) is 0 Å². The Bertz CT molecular complexity index is 434. The fourth-order valence-corrected chi connectivity index (χ4v) is 2.37. The average Bonchev–Trinajstić information content (AvgIpc) is 3.05. The zero-order chi connectivity index (χ0) is 12.6. The Labute approximate surface area is 105 Å². The molecule has 0 amide bonds. The number of hydrogen-bond donors (Lipinski definition) is 0. The van der Waals surface area contributed by atoms with Crippen LogP contribution in [0.1, 0.15) is 18.4 Å². The van der Waals surface area contributed by atoms with E-state index in [-0.39, 0.29) is 23.7 Å². The highest BCUT2D eigenvalue weighted by Crippen LogP contribution is 2.33. The second-order valence-corrected chi connectivity index (χ2v) is 5.30. The summed E-state index contributed by atoms with van der Waals surface area (Å²) >= 11 is 3.13. The van der Waals surface area contributed by atoms with Crippen molar-refractivity contribution in [3.8, 4) is 0 Å². The van der Waals surface area contributed by atoms with E-state index in [1.807, 2.05) is 0 Å². The largest absolute Gasteiger partial charge is 0.298 e. The van der Waals surface area contributed by atoms with Gasteiger partial charge in [0.05, 0.1) is 4.83 Å². The van der Waals surface area contributed by atoms with Gasteiger partial charge in [-0.3, -0.25) is 4.79 Å². The van der Waals surface area contributed by atoms with Crippen LogP contribution in [0.4, 0.5) is 13.2 Å². The van der Waals surface area contributed by atoms with E-state index >= 15 is 0 Å². The Morgan fingerprint density at radius 3 is 2.29 bits per heavy atom. The van der Waals surface area contributed by atoms with E-state index < -0.39 is 22.3 Å². The van der Waals surface area contributed by atoms with Gasteiger partial charge in [0.15, 0.2) is 0 Å². The van der Waals surface area contributed by atoms with Crippen molar-refractivity contribution in [2.75, 3.05) is 0 Å². The number of hydrogen-bond acceptors (Lipinski definition) is 1. The second kappa shape index (κ2) is 4.80. The molecular formula is C12H10BrF3O. The lowest BCUT2D eigenvalue weighted by molar-refractivity contribution is -0.119. The third-order valence-corrected chi connectivity index (χ3v) is 3.55. The molecule has 0 radical (unpaired) electrons. The zero-order valence-electron chi connectivity index (χ0n) is 8.85. The van der Waals surface area contributed by atoms with Gasteiger partial charge >= 0.3 is 0 Å². The van der Waals surface area contributed by atoms with Crippen LogP contribution in [-0.2, 0) is 11.2 Å². The van der Waals surface area contributed by atoms with Crippen LogP contribution < -0.4 is 0 Å². The lowest BCUT2D eigenvalue weighted by Crippen LogP contribution is -2.19. The van der Waals surface area contributed by atoms with E-state index in [1.165, 1.54) is 0 Å². The van der Waals surface area contributed by atoms with Crippen LogP contribution in [-0.4, -0.2) is 10.6 Å². The SMILES string of the molecule is O=C(C(Br)Cc1c(F)cc(F)cc1F)C1CC1. The van der Waals surface area contributed by atoms with E-state index in [9.17, 15) is 18.0 Å². The van der Waals surface area contributed by atoms with Gasteiger partial charge in [-0.15, -0.1) is 0 Å². The molecule has 0 N–H and O–H groups in total. The van der Waals surface area contributed by atoms with Gasteiger partial charge in [-0.05, 0) is 19.3 Å². The van der Waals surface area contributed by atoms with Gasteiger partial charge in [0.2, 0.25) is 0 Å². The molecule has 1 aliphatic rings. The van der Waals surface area contributed by atoms with Crippen molar-refractivity contribution < 1.29 is 18.0 Å². The second-order valence-electron chi connectivity index (χ2n) is 4.20. The van der Waals surface area contributed by atoms with Crippen molar-refractivity contribution in [2.24, 2.45) is 5.92 Å². The summed E-state index contributed by atoms with van der Waals surface area (Å²) in [6.07, 6.45) is 1.60. The van der Waals surface area contributed by atoms with Crippen molar-refractivity contribution in [1.82, 2.24) is 0 Å². The summed E-state index contributed by atoms with van der Waals surface area (Å²) in [7, 11) is 0. The number of carbonyl (C=O) groups is 1. The zero-order valence-corrected chi connectivity index (χ0v) is 10.4. The monoisotopic (exact) mass is 306 g/mol. The smallest absolute Gasteiger partial charge is 0.149 e. The first-order valence-electron chi connectivity index (χ1n) is 5.30. The fraction of sp³-hybridized carbons (Fsp3) is 0.417. The first-order chi connectivity index (χ1) is 7.99. The molecule has 0 spiro atoms. The van der Waals surface area contributed by atoms with Crippen molar-refractivity contribution in [3.63, 3.8) is 0 Å². The van der Waals surface area contributed by atoms with Gasteiger partial charge in [-0.25, -0.2) is 13.2 Å². The van der Waals surface area contributed by atoms with E-state index in [1.54, 1.807) is 0 Å². The standard InChI is InChI=1S/C12H10BrF3O/c13-9(12(17)6-1-2-6)5-8-10(15)3-7(14)4-11(8)16/h3-4,6,9H,1-2,5H2. The van der Waals surface area contributed by atoms with Gasteiger partial charge in [-0.2, -0.15) is 0 Å². The van der Waals surface area contributed by atoms with E-state index in [0.29, 0.717) is 12.1 Å². The molecule has 0 aromatic heterocycles. The maximum absolute atomic E-state index is 13.3. The number of alkyl halides is 1. The van der Waals surface area contributed by atoms with Gasteiger partial charge in [0.25, 0.3) is 0 Å². The summed E-state index contributed by atoms with van der Waals surface area (Å²) in [6.45, 7) is 0. The molecular weight excluding hydrogens is 297 g/mol. The van der Waals surface area contributed by atoms with Crippen LogP contribution in [0.3, 0.4) is 0 Å². The number of carbonyl (C=O) groups excluding carboxylic acids is 1. The minimum Gasteiger partial charge on any atom is -0.298 e. The van der Waals surface area contributed by atoms with Crippen LogP contribution in [0.2, 0.25) is 0 Å². The maximum Gasteiger partial charge on any atom is 0.149 e. The van der Waals surface area contributed by atoms with Crippen LogP contribution in [0.15, 0.2) is 12.1 Å². The highest BCUT2D eigenvalue weighted by molar-refractivity contribution is 9.10. The Hall–Kier alpha value is -0.840. The average molecular weight is 307 g/mol. The topological polar surface area (TPSA) is 17.1 Å². The molecule has 1 aromatic carbocycles. The molecule has 2 rings (SSSR count). The summed E-state index contributed by atoms with van der Waals surface area (Å²) in [5, 5.41) is 0. The highest BCUT2D eigenvalue weighted by Gasteiger charge is 2.34. The summed E-state index contributed by atoms with van der Waals surface area (Å²) in [5.41, 5.74) is -0.248.